The van der Waals surface area contributed by atoms with Crippen molar-refractivity contribution < 1.29 is 4.79 Å². The van der Waals surface area contributed by atoms with Crippen LogP contribution in [0.1, 0.15) is 0 Å². The van der Waals surface area contributed by atoms with Crippen LogP contribution in [-0.4, -0.2) is 28.0 Å². The molecule has 0 aliphatic carbocycles. The van der Waals surface area contributed by atoms with Crippen LogP contribution >= 0.6 is 23.5 Å². The van der Waals surface area contributed by atoms with Gasteiger partial charge in [0.25, 0.3) is 0 Å². The van der Waals surface area contributed by atoms with Crippen LogP contribution in [0.2, 0.25) is 0 Å². The molecule has 3 nitrogen and oxygen atoms in total. The Morgan fingerprint density at radius 2 is 2.56 bits per heavy atom. The highest BCUT2D eigenvalue weighted by Gasteiger charge is 2.27. The van der Waals surface area contributed by atoms with Crippen molar-refractivity contribution in [3.63, 3.8) is 0 Å². The summed E-state index contributed by atoms with van der Waals surface area (Å²) in [5.74, 6) is 1.07. The summed E-state index contributed by atoms with van der Waals surface area (Å²) in [5, 5.41) is 0. The molecule has 1 aliphatic heterocycles. The number of nitrogens with two attached hydrogens (primary N) is 1. The van der Waals surface area contributed by atoms with Crippen LogP contribution in [0.5, 0.6) is 0 Å². The van der Waals surface area contributed by atoms with Crippen molar-refractivity contribution in [1.82, 2.24) is 4.42 Å². The van der Waals surface area contributed by atoms with Gasteiger partial charge in [0.05, 0.1) is 5.88 Å². The molecule has 52 valence electrons. The normalized spacial score (nSPS) is 28.8. The van der Waals surface area contributed by atoms with Gasteiger partial charge >= 0.3 is 0 Å². The van der Waals surface area contributed by atoms with Crippen molar-refractivity contribution in [2.75, 3.05) is 11.6 Å². The van der Waals surface area contributed by atoms with Crippen LogP contribution < -0.4 is 5.73 Å². The first-order valence-corrected chi connectivity index (χ1v) is 4.00. The van der Waals surface area contributed by atoms with Gasteiger partial charge in [-0.1, -0.05) is 0 Å². The zero-order valence-corrected chi connectivity index (χ0v) is 6.28. The van der Waals surface area contributed by atoms with Gasteiger partial charge in [-0.15, -0.1) is 11.8 Å². The van der Waals surface area contributed by atoms with Gasteiger partial charge in [-0.25, -0.2) is 0 Å². The monoisotopic (exact) mass is 166 g/mol. The topological polar surface area (TPSA) is 46.3 Å². The largest absolute Gasteiger partial charge is 0.368 e. The lowest BCUT2D eigenvalue weighted by molar-refractivity contribution is -0.120. The molecule has 0 saturated carbocycles. The highest BCUT2D eigenvalue weighted by Crippen LogP contribution is 2.21. The lowest BCUT2D eigenvalue weighted by Crippen LogP contribution is -2.36. The van der Waals surface area contributed by atoms with E-state index < -0.39 is 0 Å². The molecule has 0 spiro atoms. The van der Waals surface area contributed by atoms with E-state index in [0.717, 1.165) is 5.75 Å². The summed E-state index contributed by atoms with van der Waals surface area (Å²) < 4.78 is 1.44. The maximum absolute atomic E-state index is 10.5. The predicted molar refractivity (Wildman–Crippen MR) is 38.0 cm³/mol. The average molecular weight is 167 g/mol. The first kappa shape index (κ1) is 7.18. The molecule has 0 aromatic heterocycles. The fourth-order valence-electron chi connectivity index (χ4n) is 0.643. The molecule has 0 radical (unpaired) electrons. The Bertz CT molecular complexity index is 132. The van der Waals surface area contributed by atoms with Crippen molar-refractivity contribution in [3.8, 4) is 0 Å². The number of primary amides is 1. The molecular formula is C4H7ClN2OS. The molecule has 1 rings (SSSR count). The van der Waals surface area contributed by atoms with E-state index in [1.807, 2.05) is 0 Å². The minimum Gasteiger partial charge on any atom is -0.368 e. The minimum atomic E-state index is -0.338. The minimum absolute atomic E-state index is 0.267. The highest BCUT2D eigenvalue weighted by atomic mass is 35.5. The first-order chi connectivity index (χ1) is 4.22. The Morgan fingerprint density at radius 1 is 1.89 bits per heavy atom. The molecule has 0 aromatic rings. The summed E-state index contributed by atoms with van der Waals surface area (Å²) in [6.07, 6.45) is 0. The van der Waals surface area contributed by atoms with Crippen LogP contribution in [0.4, 0.5) is 0 Å². The van der Waals surface area contributed by atoms with Crippen LogP contribution in [0.3, 0.4) is 0 Å². The number of hydrogen-bond acceptors (Lipinski definition) is 3. The predicted octanol–water partition coefficient (Wildman–Crippen LogP) is 0.000400. The van der Waals surface area contributed by atoms with Gasteiger partial charge < -0.3 is 5.73 Å². The van der Waals surface area contributed by atoms with Gasteiger partial charge in [-0.3, -0.25) is 4.79 Å². The van der Waals surface area contributed by atoms with Gasteiger partial charge in [0.2, 0.25) is 5.91 Å². The SMILES string of the molecule is NC(=O)C1CSCN1Cl. The molecule has 0 bridgehead atoms. The zero-order chi connectivity index (χ0) is 6.85. The number of carbonyl (C=O) groups excluding carboxylic acids is 1. The Hall–Kier alpha value is 0.0700. The van der Waals surface area contributed by atoms with Crippen LogP contribution in [0.15, 0.2) is 0 Å². The third kappa shape index (κ3) is 1.50. The first-order valence-electron chi connectivity index (χ1n) is 2.51. The van der Waals surface area contributed by atoms with Crippen LogP contribution in [0.25, 0.3) is 0 Å². The molecule has 1 fully saturated rings. The third-order valence-corrected chi connectivity index (χ3v) is 2.67. The molecule has 5 heteroatoms. The Balaban J connectivity index is 2.49. The number of halogens is 1. The second-order valence-electron chi connectivity index (χ2n) is 1.82. The average Bonchev–Trinajstić information content (AvgIpc) is 2.13. The summed E-state index contributed by atoms with van der Waals surface area (Å²) in [6.45, 7) is 0. The van der Waals surface area contributed by atoms with Crippen molar-refractivity contribution in [2.45, 2.75) is 6.04 Å². The Kier molecular flexibility index (Phi) is 2.21. The van der Waals surface area contributed by atoms with Gasteiger partial charge in [-0.05, 0) is 11.8 Å². The standard InChI is InChI=1S/C4H7ClN2OS/c5-7-2-9-1-3(7)4(6)8/h3H,1-2H2,(H2,6,8). The summed E-state index contributed by atoms with van der Waals surface area (Å²) in [7, 11) is 0. The fraction of sp³-hybridized carbons (Fsp3) is 0.750. The van der Waals surface area contributed by atoms with E-state index in [-0.39, 0.29) is 11.9 Å². The zero-order valence-electron chi connectivity index (χ0n) is 4.71. The molecule has 1 aliphatic rings. The van der Waals surface area contributed by atoms with E-state index in [0.29, 0.717) is 5.88 Å². The smallest absolute Gasteiger partial charge is 0.236 e. The number of carbonyl (C=O) groups is 1. The van der Waals surface area contributed by atoms with E-state index in [9.17, 15) is 4.79 Å². The number of hydrogen-bond donors (Lipinski definition) is 1. The van der Waals surface area contributed by atoms with E-state index in [1.54, 1.807) is 11.8 Å². The van der Waals surface area contributed by atoms with Gasteiger partial charge in [0.1, 0.15) is 6.04 Å². The van der Waals surface area contributed by atoms with Crippen molar-refractivity contribution in [1.29, 1.82) is 0 Å². The van der Waals surface area contributed by atoms with Crippen LogP contribution in [-0.2, 0) is 4.79 Å². The molecule has 0 aromatic carbocycles. The lowest BCUT2D eigenvalue weighted by Gasteiger charge is -2.09. The van der Waals surface area contributed by atoms with Crippen molar-refractivity contribution in [3.05, 3.63) is 0 Å². The van der Waals surface area contributed by atoms with Gasteiger partial charge in [-0.2, -0.15) is 4.42 Å². The van der Waals surface area contributed by atoms with E-state index >= 15 is 0 Å². The summed E-state index contributed by atoms with van der Waals surface area (Å²) >= 11 is 7.20. The van der Waals surface area contributed by atoms with E-state index in [4.69, 9.17) is 17.5 Å². The molecular weight excluding hydrogens is 160 g/mol. The maximum Gasteiger partial charge on any atom is 0.236 e. The van der Waals surface area contributed by atoms with Gasteiger partial charge in [0, 0.05) is 5.75 Å². The maximum atomic E-state index is 10.5. The summed E-state index contributed by atoms with van der Waals surface area (Å²) in [4.78, 5) is 10.5. The number of thioether (sulfide) groups is 1. The van der Waals surface area contributed by atoms with Crippen molar-refractivity contribution in [2.24, 2.45) is 5.73 Å². The highest BCUT2D eigenvalue weighted by molar-refractivity contribution is 7.99. The third-order valence-electron chi connectivity index (χ3n) is 1.16. The lowest BCUT2D eigenvalue weighted by atomic mass is 10.3. The molecule has 1 saturated heterocycles. The van der Waals surface area contributed by atoms with E-state index in [1.165, 1.54) is 4.42 Å². The molecule has 2 N–H and O–H groups in total. The van der Waals surface area contributed by atoms with Crippen molar-refractivity contribution >= 4 is 29.4 Å². The van der Waals surface area contributed by atoms with E-state index in [2.05, 4.69) is 0 Å². The Labute approximate surface area is 62.6 Å². The molecule has 9 heavy (non-hydrogen) atoms. The summed E-state index contributed by atoms with van der Waals surface area (Å²) in [5.41, 5.74) is 5.01. The second-order valence-corrected chi connectivity index (χ2v) is 3.25. The molecule has 1 amide bonds. The number of amides is 1. The quantitative estimate of drug-likeness (QED) is 0.558. The Morgan fingerprint density at radius 3 is 2.78 bits per heavy atom. The molecule has 1 heterocycles. The molecule has 1 atom stereocenters. The number of nitrogens with zero attached hydrogens (tertiary/aromatic N) is 1. The van der Waals surface area contributed by atoms with Crippen LogP contribution in [0, 0.1) is 0 Å². The van der Waals surface area contributed by atoms with Gasteiger partial charge in [0.15, 0.2) is 0 Å². The second kappa shape index (κ2) is 2.77. The fourth-order valence-corrected chi connectivity index (χ4v) is 2.12. The number of rotatable bonds is 1. The summed E-state index contributed by atoms with van der Waals surface area (Å²) in [6, 6.07) is -0.267. The molecule has 1 unspecified atom stereocenters.